The van der Waals surface area contributed by atoms with Crippen LogP contribution in [-0.4, -0.2) is 115 Å². The summed E-state index contributed by atoms with van der Waals surface area (Å²) in [5.74, 6) is -0.584. The first-order chi connectivity index (χ1) is 21.9. The van der Waals surface area contributed by atoms with Crippen LogP contribution in [0.4, 0.5) is 22.8 Å². The van der Waals surface area contributed by atoms with Crippen LogP contribution in [0.1, 0.15) is 65.7 Å². The first kappa shape index (κ1) is 37.4. The summed E-state index contributed by atoms with van der Waals surface area (Å²) in [6, 6.07) is -0.188. The van der Waals surface area contributed by atoms with Gasteiger partial charge in [0, 0.05) is 51.0 Å². The largest absolute Gasteiger partial charge is 0.457 e. The van der Waals surface area contributed by atoms with E-state index in [-0.39, 0.29) is 69.7 Å². The Kier molecular flexibility index (Phi) is 14.9. The molecule has 2 saturated heterocycles. The molecule has 3 aliphatic rings. The molecule has 5 atom stereocenters. The van der Waals surface area contributed by atoms with Crippen molar-refractivity contribution in [2.45, 2.75) is 90.1 Å². The molecule has 0 aromatic carbocycles. The summed E-state index contributed by atoms with van der Waals surface area (Å²) >= 11 is 0. The number of esters is 1. The molecule has 0 aromatic heterocycles. The summed E-state index contributed by atoms with van der Waals surface area (Å²) in [6.45, 7) is 6.02. The predicted molar refractivity (Wildman–Crippen MR) is 166 cm³/mol. The lowest BCUT2D eigenvalue weighted by atomic mass is 9.95. The lowest BCUT2D eigenvalue weighted by Gasteiger charge is -2.35. The zero-order chi connectivity index (χ0) is 33.7. The summed E-state index contributed by atoms with van der Waals surface area (Å²) in [4.78, 5) is 42.2. The molecular formula is C33H50F3N3O7. The maximum atomic E-state index is 12.9. The first-order valence-corrected chi connectivity index (χ1v) is 16.4. The summed E-state index contributed by atoms with van der Waals surface area (Å²) in [7, 11) is 0. The average molecular weight is 658 g/mol. The van der Waals surface area contributed by atoms with E-state index in [2.05, 4.69) is 0 Å². The smallest absolute Gasteiger partial charge is 0.410 e. The number of piperazine rings is 1. The molecule has 3 aliphatic heterocycles. The highest BCUT2D eigenvalue weighted by Crippen LogP contribution is 2.23. The quantitative estimate of drug-likeness (QED) is 0.159. The zero-order valence-corrected chi connectivity index (χ0v) is 27.3. The molecule has 0 saturated carbocycles. The highest BCUT2D eigenvalue weighted by molar-refractivity contribution is 5.70. The van der Waals surface area contributed by atoms with Crippen LogP contribution < -0.4 is 0 Å². The molecule has 0 spiro atoms. The molecule has 260 valence electrons. The standard InChI is InChI=1S/C33H50F3N3O7/c1-24(22-44-32(43)39-16-8-11-27(39)21-40)9-7-10-25(2)30-26(3)14-15-28(12-5-4-6-13-29(41)46-30)45-31(42)38-19-17-37(18-20-38)23-33(34,35)36/h7,9-10,14-15,24,26-28,30,40H,4-6,8,11-13,16-23H2,1-3H3/b9-7+,15-14+,25-10+/t24-,26+,27+,28-,30-/m1/s1. The minimum Gasteiger partial charge on any atom is -0.457 e. The van der Waals surface area contributed by atoms with Gasteiger partial charge in [-0.15, -0.1) is 0 Å². The van der Waals surface area contributed by atoms with E-state index in [9.17, 15) is 32.7 Å². The number of alkyl halides is 3. The summed E-state index contributed by atoms with van der Waals surface area (Å²) in [5.41, 5.74) is 0.816. The molecule has 0 aromatic rings. The number of nitrogens with zero attached hydrogens (tertiary/aromatic N) is 3. The normalized spacial score (nSPS) is 27.5. The predicted octanol–water partition coefficient (Wildman–Crippen LogP) is 5.47. The lowest BCUT2D eigenvalue weighted by molar-refractivity contribution is -0.149. The van der Waals surface area contributed by atoms with Crippen LogP contribution in [0.5, 0.6) is 0 Å². The van der Waals surface area contributed by atoms with Crippen molar-refractivity contribution in [1.82, 2.24) is 14.7 Å². The van der Waals surface area contributed by atoms with Gasteiger partial charge in [0.2, 0.25) is 0 Å². The van der Waals surface area contributed by atoms with E-state index in [0.29, 0.717) is 19.4 Å². The second-order valence-corrected chi connectivity index (χ2v) is 12.6. The van der Waals surface area contributed by atoms with Crippen LogP contribution >= 0.6 is 0 Å². The summed E-state index contributed by atoms with van der Waals surface area (Å²) < 4.78 is 55.3. The van der Waals surface area contributed by atoms with Crippen LogP contribution in [-0.2, 0) is 19.0 Å². The monoisotopic (exact) mass is 657 g/mol. The van der Waals surface area contributed by atoms with Crippen molar-refractivity contribution >= 4 is 18.2 Å². The van der Waals surface area contributed by atoms with Crippen molar-refractivity contribution in [2.24, 2.45) is 11.8 Å². The fraction of sp³-hybridized carbons (Fsp3) is 0.727. The van der Waals surface area contributed by atoms with Crippen LogP contribution in [0.25, 0.3) is 0 Å². The molecule has 0 bridgehead atoms. The summed E-state index contributed by atoms with van der Waals surface area (Å²) in [5, 5.41) is 9.44. The van der Waals surface area contributed by atoms with Crippen LogP contribution in [0, 0.1) is 11.8 Å². The van der Waals surface area contributed by atoms with Gasteiger partial charge < -0.3 is 29.1 Å². The second-order valence-electron chi connectivity index (χ2n) is 12.6. The second kappa shape index (κ2) is 18.3. The average Bonchev–Trinajstić information content (AvgIpc) is 3.49. The highest BCUT2D eigenvalue weighted by Gasteiger charge is 2.34. The fourth-order valence-corrected chi connectivity index (χ4v) is 5.85. The van der Waals surface area contributed by atoms with Gasteiger partial charge in [0.25, 0.3) is 0 Å². The molecular weight excluding hydrogens is 607 g/mol. The van der Waals surface area contributed by atoms with Crippen molar-refractivity contribution in [3.63, 3.8) is 0 Å². The fourth-order valence-electron chi connectivity index (χ4n) is 5.85. The van der Waals surface area contributed by atoms with Gasteiger partial charge in [-0.2, -0.15) is 13.2 Å². The Hall–Kier alpha value is -3.06. The van der Waals surface area contributed by atoms with E-state index in [1.165, 1.54) is 9.80 Å². The van der Waals surface area contributed by atoms with Crippen molar-refractivity contribution in [3.05, 3.63) is 36.0 Å². The lowest BCUT2D eigenvalue weighted by Crippen LogP contribution is -2.51. The number of rotatable bonds is 8. The number of aliphatic hydroxyl groups excluding tert-OH is 1. The number of hydrogen-bond acceptors (Lipinski definition) is 8. The Bertz CT molecular complexity index is 1090. The van der Waals surface area contributed by atoms with Gasteiger partial charge in [0.05, 0.1) is 25.8 Å². The number of hydrogen-bond donors (Lipinski definition) is 1. The Morgan fingerprint density at radius 1 is 1.07 bits per heavy atom. The summed E-state index contributed by atoms with van der Waals surface area (Å²) in [6.07, 6.45) is 7.60. The molecule has 0 unspecified atom stereocenters. The number of amides is 2. The number of likely N-dealkylation sites (tertiary alicyclic amines) is 1. The first-order valence-electron chi connectivity index (χ1n) is 16.4. The third-order valence-electron chi connectivity index (χ3n) is 8.56. The van der Waals surface area contributed by atoms with Crippen molar-refractivity contribution in [1.29, 1.82) is 0 Å². The number of allylic oxidation sites excluding steroid dienone is 2. The molecule has 2 amide bonds. The Morgan fingerprint density at radius 2 is 1.80 bits per heavy atom. The molecule has 1 N–H and O–H groups in total. The number of aliphatic hydroxyl groups is 1. The van der Waals surface area contributed by atoms with E-state index < -0.39 is 37.1 Å². The topological polar surface area (TPSA) is 109 Å². The Morgan fingerprint density at radius 3 is 2.50 bits per heavy atom. The van der Waals surface area contributed by atoms with Gasteiger partial charge in [-0.1, -0.05) is 44.6 Å². The molecule has 3 rings (SSSR count). The third-order valence-corrected chi connectivity index (χ3v) is 8.56. The third kappa shape index (κ3) is 12.6. The number of ether oxygens (including phenoxy) is 3. The van der Waals surface area contributed by atoms with Gasteiger partial charge in [-0.3, -0.25) is 9.69 Å². The molecule has 13 heteroatoms. The number of carbonyl (C=O) groups is 3. The van der Waals surface area contributed by atoms with E-state index in [1.807, 2.05) is 51.2 Å². The SMILES string of the molecule is C/C(=C\C=C\[C@@H](C)COC(=O)N1CCC[C@H]1CO)[C@H]1OC(=O)CCCCC[C@@H](OC(=O)N2CCN(CC(F)(F)F)CC2)/C=C/[C@@H]1C. The van der Waals surface area contributed by atoms with Crippen molar-refractivity contribution in [2.75, 3.05) is 52.5 Å². The van der Waals surface area contributed by atoms with Gasteiger partial charge in [0.15, 0.2) is 0 Å². The molecule has 46 heavy (non-hydrogen) atoms. The van der Waals surface area contributed by atoms with Crippen LogP contribution in [0.2, 0.25) is 0 Å². The van der Waals surface area contributed by atoms with E-state index in [1.54, 1.807) is 4.90 Å². The van der Waals surface area contributed by atoms with Gasteiger partial charge in [-0.05, 0) is 50.7 Å². The van der Waals surface area contributed by atoms with E-state index >= 15 is 0 Å². The molecule has 0 radical (unpaired) electrons. The number of carbonyl (C=O) groups excluding carboxylic acids is 3. The van der Waals surface area contributed by atoms with E-state index in [0.717, 1.165) is 31.3 Å². The zero-order valence-electron chi connectivity index (χ0n) is 27.3. The maximum absolute atomic E-state index is 12.9. The minimum atomic E-state index is -4.28. The maximum Gasteiger partial charge on any atom is 0.410 e. The van der Waals surface area contributed by atoms with Crippen LogP contribution in [0.15, 0.2) is 36.0 Å². The van der Waals surface area contributed by atoms with Gasteiger partial charge >= 0.3 is 24.3 Å². The van der Waals surface area contributed by atoms with Crippen molar-refractivity contribution in [3.8, 4) is 0 Å². The molecule has 2 fully saturated rings. The Labute approximate surface area is 270 Å². The Balaban J connectivity index is 1.57. The molecule has 0 aliphatic carbocycles. The van der Waals surface area contributed by atoms with Crippen molar-refractivity contribution < 1.29 is 46.9 Å². The highest BCUT2D eigenvalue weighted by atomic mass is 19.4. The molecule has 10 nitrogen and oxygen atoms in total. The van der Waals surface area contributed by atoms with Crippen LogP contribution in [0.3, 0.4) is 0 Å². The number of halogens is 3. The number of cyclic esters (lactones) is 1. The minimum absolute atomic E-state index is 0.0672. The molecule has 3 heterocycles. The van der Waals surface area contributed by atoms with Gasteiger partial charge in [0.1, 0.15) is 12.2 Å². The van der Waals surface area contributed by atoms with Gasteiger partial charge in [-0.25, -0.2) is 9.59 Å². The van der Waals surface area contributed by atoms with E-state index in [4.69, 9.17) is 14.2 Å².